The SMILES string of the molecule is CCCN(CCC(=O)Nc1nnc(-c2ccc(Cl)cc2)s1)C(=O)C[C@H](C)CC(C)(C)C. The van der Waals surface area contributed by atoms with Gasteiger partial charge in [0.05, 0.1) is 0 Å². The van der Waals surface area contributed by atoms with E-state index in [2.05, 4.69) is 43.2 Å². The van der Waals surface area contributed by atoms with Crippen molar-refractivity contribution in [2.24, 2.45) is 11.3 Å². The van der Waals surface area contributed by atoms with Crippen molar-refractivity contribution in [2.75, 3.05) is 18.4 Å². The molecule has 0 bridgehead atoms. The van der Waals surface area contributed by atoms with Gasteiger partial charge in [0.15, 0.2) is 0 Å². The highest BCUT2D eigenvalue weighted by Crippen LogP contribution is 2.28. The van der Waals surface area contributed by atoms with E-state index in [-0.39, 0.29) is 23.7 Å². The molecule has 0 spiro atoms. The van der Waals surface area contributed by atoms with Crippen molar-refractivity contribution in [2.45, 2.75) is 60.3 Å². The summed E-state index contributed by atoms with van der Waals surface area (Å²) in [5.74, 6) is 0.260. The van der Waals surface area contributed by atoms with Gasteiger partial charge >= 0.3 is 0 Å². The molecule has 0 saturated heterocycles. The molecule has 1 aromatic carbocycles. The zero-order valence-corrected chi connectivity index (χ0v) is 20.6. The number of anilines is 1. The molecule has 0 saturated carbocycles. The predicted octanol–water partition coefficient (Wildman–Crippen LogP) is 5.89. The van der Waals surface area contributed by atoms with E-state index in [4.69, 9.17) is 11.6 Å². The molecule has 1 N–H and O–H groups in total. The van der Waals surface area contributed by atoms with E-state index in [1.807, 2.05) is 19.1 Å². The minimum absolute atomic E-state index is 0.118. The van der Waals surface area contributed by atoms with Gasteiger partial charge in [0, 0.05) is 36.5 Å². The van der Waals surface area contributed by atoms with Gasteiger partial charge < -0.3 is 10.2 Å². The Bertz CT molecular complexity index is 861. The van der Waals surface area contributed by atoms with Crippen molar-refractivity contribution in [3.63, 3.8) is 0 Å². The Labute approximate surface area is 194 Å². The number of hydrogen-bond donors (Lipinski definition) is 1. The van der Waals surface area contributed by atoms with Crippen LogP contribution in [-0.4, -0.2) is 40.0 Å². The van der Waals surface area contributed by atoms with E-state index in [9.17, 15) is 9.59 Å². The topological polar surface area (TPSA) is 75.2 Å². The maximum absolute atomic E-state index is 12.7. The number of rotatable bonds is 10. The maximum Gasteiger partial charge on any atom is 0.227 e. The highest BCUT2D eigenvalue weighted by atomic mass is 35.5. The zero-order valence-electron chi connectivity index (χ0n) is 19.1. The number of carbonyl (C=O) groups is 2. The van der Waals surface area contributed by atoms with Crippen molar-refractivity contribution in [1.29, 1.82) is 0 Å². The molecule has 1 heterocycles. The second-order valence-corrected chi connectivity index (χ2v) is 10.6. The number of benzene rings is 1. The molecule has 170 valence electrons. The standard InChI is InChI=1S/C23H33ClN4O2S/c1-6-12-28(20(30)14-16(2)15-23(3,4)5)13-11-19(29)25-22-27-26-21(31-22)17-7-9-18(24)10-8-17/h7-10,16H,6,11-15H2,1-5H3,(H,25,27,29)/t16-/m0/s1. The molecule has 31 heavy (non-hydrogen) atoms. The molecule has 0 aliphatic rings. The summed E-state index contributed by atoms with van der Waals surface area (Å²) in [7, 11) is 0. The average molecular weight is 465 g/mol. The number of amides is 2. The first-order valence-electron chi connectivity index (χ1n) is 10.7. The molecule has 0 fully saturated rings. The first-order valence-corrected chi connectivity index (χ1v) is 11.9. The monoisotopic (exact) mass is 464 g/mol. The van der Waals surface area contributed by atoms with Gasteiger partial charge in [-0.05, 0) is 36.3 Å². The molecule has 1 atom stereocenters. The average Bonchev–Trinajstić information content (AvgIpc) is 3.12. The fraction of sp³-hybridized carbons (Fsp3) is 0.565. The van der Waals surface area contributed by atoms with Crippen LogP contribution in [0.25, 0.3) is 10.6 Å². The van der Waals surface area contributed by atoms with Crippen molar-refractivity contribution in [3.8, 4) is 10.6 Å². The molecule has 0 aliphatic carbocycles. The molecular formula is C23H33ClN4O2S. The Hall–Kier alpha value is -1.99. The smallest absolute Gasteiger partial charge is 0.227 e. The molecule has 2 aromatic rings. The van der Waals surface area contributed by atoms with E-state index < -0.39 is 0 Å². The molecule has 0 aliphatic heterocycles. The second kappa shape index (κ2) is 11.6. The summed E-state index contributed by atoms with van der Waals surface area (Å²) in [6.45, 7) is 11.8. The summed E-state index contributed by atoms with van der Waals surface area (Å²) < 4.78 is 0. The molecule has 2 rings (SSSR count). The minimum atomic E-state index is -0.171. The van der Waals surface area contributed by atoms with Crippen molar-refractivity contribution in [3.05, 3.63) is 29.3 Å². The highest BCUT2D eigenvalue weighted by molar-refractivity contribution is 7.18. The van der Waals surface area contributed by atoms with E-state index in [1.54, 1.807) is 17.0 Å². The van der Waals surface area contributed by atoms with Gasteiger partial charge in [0.1, 0.15) is 5.01 Å². The molecule has 0 radical (unpaired) electrons. The Morgan fingerprint density at radius 3 is 2.45 bits per heavy atom. The van der Waals surface area contributed by atoms with Gasteiger partial charge in [0.25, 0.3) is 0 Å². The van der Waals surface area contributed by atoms with Crippen LogP contribution >= 0.6 is 22.9 Å². The van der Waals surface area contributed by atoms with Crippen LogP contribution in [0, 0.1) is 11.3 Å². The van der Waals surface area contributed by atoms with Crippen molar-refractivity contribution < 1.29 is 9.59 Å². The van der Waals surface area contributed by atoms with Gasteiger partial charge in [-0.2, -0.15) is 0 Å². The Morgan fingerprint density at radius 2 is 1.84 bits per heavy atom. The van der Waals surface area contributed by atoms with Gasteiger partial charge in [0.2, 0.25) is 16.9 Å². The zero-order chi connectivity index (χ0) is 23.0. The quantitative estimate of drug-likeness (QED) is 0.475. The lowest BCUT2D eigenvalue weighted by Gasteiger charge is -2.26. The van der Waals surface area contributed by atoms with Crippen molar-refractivity contribution >= 4 is 39.9 Å². The van der Waals surface area contributed by atoms with Crippen LogP contribution in [0.1, 0.15) is 60.3 Å². The first kappa shape index (κ1) is 25.3. The van der Waals surface area contributed by atoms with Crippen LogP contribution in [0.4, 0.5) is 5.13 Å². The van der Waals surface area contributed by atoms with E-state index >= 15 is 0 Å². The van der Waals surface area contributed by atoms with Crippen LogP contribution in [0.3, 0.4) is 0 Å². The summed E-state index contributed by atoms with van der Waals surface area (Å²) in [5, 5.41) is 12.8. The third kappa shape index (κ3) is 8.95. The van der Waals surface area contributed by atoms with E-state index in [0.717, 1.165) is 18.4 Å². The fourth-order valence-electron chi connectivity index (χ4n) is 3.58. The van der Waals surface area contributed by atoms with E-state index in [1.165, 1.54) is 11.3 Å². The van der Waals surface area contributed by atoms with Crippen LogP contribution in [0.2, 0.25) is 5.02 Å². The third-order valence-electron chi connectivity index (χ3n) is 4.70. The summed E-state index contributed by atoms with van der Waals surface area (Å²) in [5.41, 5.74) is 1.09. The number of aromatic nitrogens is 2. The number of carbonyl (C=O) groups excluding carboxylic acids is 2. The number of hydrogen-bond acceptors (Lipinski definition) is 5. The molecule has 0 unspecified atom stereocenters. The molecular weight excluding hydrogens is 432 g/mol. The summed E-state index contributed by atoms with van der Waals surface area (Å²) in [6, 6.07) is 7.31. The van der Waals surface area contributed by atoms with Gasteiger partial charge in [-0.3, -0.25) is 9.59 Å². The Kier molecular flexibility index (Phi) is 9.44. The lowest BCUT2D eigenvalue weighted by atomic mass is 9.84. The normalized spacial score (nSPS) is 12.5. The molecule has 8 heteroatoms. The third-order valence-corrected chi connectivity index (χ3v) is 5.84. The molecule has 6 nitrogen and oxygen atoms in total. The Morgan fingerprint density at radius 1 is 1.16 bits per heavy atom. The van der Waals surface area contributed by atoms with Crippen LogP contribution in [0.5, 0.6) is 0 Å². The van der Waals surface area contributed by atoms with E-state index in [0.29, 0.717) is 40.6 Å². The lowest BCUT2D eigenvalue weighted by molar-refractivity contribution is -0.132. The number of nitrogens with zero attached hydrogens (tertiary/aromatic N) is 3. The largest absolute Gasteiger partial charge is 0.342 e. The van der Waals surface area contributed by atoms with Gasteiger partial charge in [-0.15, -0.1) is 10.2 Å². The first-order chi connectivity index (χ1) is 14.6. The minimum Gasteiger partial charge on any atom is -0.342 e. The molecule has 2 amide bonds. The fourth-order valence-corrected chi connectivity index (χ4v) is 4.47. The highest BCUT2D eigenvalue weighted by Gasteiger charge is 2.21. The second-order valence-electron chi connectivity index (χ2n) is 9.17. The number of nitrogens with one attached hydrogen (secondary N) is 1. The van der Waals surface area contributed by atoms with Crippen LogP contribution < -0.4 is 5.32 Å². The van der Waals surface area contributed by atoms with Crippen molar-refractivity contribution in [1.82, 2.24) is 15.1 Å². The van der Waals surface area contributed by atoms with Gasteiger partial charge in [-0.25, -0.2) is 0 Å². The summed E-state index contributed by atoms with van der Waals surface area (Å²) in [4.78, 5) is 27.0. The maximum atomic E-state index is 12.7. The summed E-state index contributed by atoms with van der Waals surface area (Å²) in [6.07, 6.45) is 2.60. The molecule has 1 aromatic heterocycles. The Balaban J connectivity index is 1.87. The van der Waals surface area contributed by atoms with Gasteiger partial charge in [-0.1, -0.05) is 69.7 Å². The lowest BCUT2D eigenvalue weighted by Crippen LogP contribution is -2.35. The van der Waals surface area contributed by atoms with Crippen LogP contribution in [0.15, 0.2) is 24.3 Å². The predicted molar refractivity (Wildman–Crippen MR) is 128 cm³/mol. The summed E-state index contributed by atoms with van der Waals surface area (Å²) >= 11 is 7.22. The van der Waals surface area contributed by atoms with Crippen LogP contribution in [-0.2, 0) is 9.59 Å². The number of halogens is 1.